The van der Waals surface area contributed by atoms with Gasteiger partial charge in [-0.05, 0) is 31.5 Å². The average molecular weight is 279 g/mol. The van der Waals surface area contributed by atoms with Crippen molar-refractivity contribution in [1.29, 1.82) is 0 Å². The summed E-state index contributed by atoms with van der Waals surface area (Å²) >= 11 is 5.96. The highest BCUT2D eigenvalue weighted by Gasteiger charge is 2.21. The number of carbonyl (C=O) groups excluding carboxylic acids is 1. The molecule has 0 aliphatic rings. The zero-order valence-electron chi connectivity index (χ0n) is 10.8. The summed E-state index contributed by atoms with van der Waals surface area (Å²) in [7, 11) is 0. The van der Waals surface area contributed by atoms with Crippen molar-refractivity contribution >= 4 is 17.5 Å². The van der Waals surface area contributed by atoms with Gasteiger partial charge in [0.2, 0.25) is 5.82 Å². The number of halogens is 1. The molecule has 0 bridgehead atoms. The van der Waals surface area contributed by atoms with Gasteiger partial charge in [-0.3, -0.25) is 9.89 Å². The minimum atomic E-state index is -0.174. The number of benzene rings is 1. The molecule has 1 aromatic carbocycles. The van der Waals surface area contributed by atoms with Crippen LogP contribution in [-0.4, -0.2) is 32.0 Å². The molecule has 1 N–H and O–H groups in total. The van der Waals surface area contributed by atoms with E-state index in [2.05, 4.69) is 15.2 Å². The minimum Gasteiger partial charge on any atom is -0.329 e. The molecule has 0 unspecified atom stereocenters. The number of aromatic amines is 1. The van der Waals surface area contributed by atoms with Gasteiger partial charge in [0.1, 0.15) is 6.33 Å². The van der Waals surface area contributed by atoms with E-state index in [1.54, 1.807) is 4.90 Å². The van der Waals surface area contributed by atoms with Crippen LogP contribution in [0.15, 0.2) is 30.6 Å². The van der Waals surface area contributed by atoms with E-state index in [4.69, 9.17) is 11.6 Å². The SMILES string of the molecule is CC(C)N(Cc1cccc(Cl)c1)C(=O)c1ncn[nH]1. The standard InChI is InChI=1S/C13H15ClN4O/c1-9(2)18(13(19)12-15-8-16-17-12)7-10-4-3-5-11(14)6-10/h3-6,8-9H,7H2,1-2H3,(H,15,16,17). The van der Waals surface area contributed by atoms with E-state index in [0.29, 0.717) is 11.6 Å². The lowest BCUT2D eigenvalue weighted by Gasteiger charge is -2.25. The third kappa shape index (κ3) is 3.32. The Morgan fingerprint density at radius 1 is 1.47 bits per heavy atom. The molecule has 0 aliphatic carbocycles. The Morgan fingerprint density at radius 3 is 2.84 bits per heavy atom. The second-order valence-electron chi connectivity index (χ2n) is 4.49. The van der Waals surface area contributed by atoms with Gasteiger partial charge in [0.05, 0.1) is 0 Å². The van der Waals surface area contributed by atoms with E-state index in [-0.39, 0.29) is 17.8 Å². The predicted molar refractivity (Wildman–Crippen MR) is 72.8 cm³/mol. The first-order chi connectivity index (χ1) is 9.08. The van der Waals surface area contributed by atoms with Crippen LogP contribution in [0.1, 0.15) is 30.0 Å². The topological polar surface area (TPSA) is 61.9 Å². The largest absolute Gasteiger partial charge is 0.329 e. The second kappa shape index (κ2) is 5.84. The van der Waals surface area contributed by atoms with Gasteiger partial charge < -0.3 is 4.90 Å². The lowest BCUT2D eigenvalue weighted by molar-refractivity contribution is 0.0678. The maximum Gasteiger partial charge on any atom is 0.291 e. The Labute approximate surface area is 116 Å². The van der Waals surface area contributed by atoms with E-state index in [1.807, 2.05) is 38.1 Å². The monoisotopic (exact) mass is 278 g/mol. The van der Waals surface area contributed by atoms with Crippen LogP contribution < -0.4 is 0 Å². The van der Waals surface area contributed by atoms with Gasteiger partial charge in [-0.1, -0.05) is 23.7 Å². The highest BCUT2D eigenvalue weighted by Crippen LogP contribution is 2.15. The summed E-state index contributed by atoms with van der Waals surface area (Å²) in [6, 6.07) is 7.52. The number of hydrogen-bond acceptors (Lipinski definition) is 3. The van der Waals surface area contributed by atoms with E-state index in [0.717, 1.165) is 5.56 Å². The van der Waals surface area contributed by atoms with Gasteiger partial charge in [0, 0.05) is 17.6 Å². The molecule has 0 fully saturated rings. The minimum absolute atomic E-state index is 0.0524. The fourth-order valence-electron chi connectivity index (χ4n) is 1.77. The molecule has 0 radical (unpaired) electrons. The van der Waals surface area contributed by atoms with Crippen LogP contribution in [0.2, 0.25) is 5.02 Å². The van der Waals surface area contributed by atoms with E-state index >= 15 is 0 Å². The Bertz CT molecular complexity index is 554. The van der Waals surface area contributed by atoms with Crippen LogP contribution in [0.4, 0.5) is 0 Å². The van der Waals surface area contributed by atoms with Crippen molar-refractivity contribution in [1.82, 2.24) is 20.1 Å². The van der Waals surface area contributed by atoms with E-state index in [1.165, 1.54) is 6.33 Å². The number of hydrogen-bond donors (Lipinski definition) is 1. The molecule has 6 heteroatoms. The second-order valence-corrected chi connectivity index (χ2v) is 4.93. The van der Waals surface area contributed by atoms with Crippen LogP contribution in [0, 0.1) is 0 Å². The third-order valence-corrected chi connectivity index (χ3v) is 2.98. The van der Waals surface area contributed by atoms with Gasteiger partial charge in [-0.15, -0.1) is 0 Å². The Hall–Kier alpha value is -1.88. The number of nitrogens with one attached hydrogen (secondary N) is 1. The van der Waals surface area contributed by atoms with Crippen molar-refractivity contribution < 1.29 is 4.79 Å². The summed E-state index contributed by atoms with van der Waals surface area (Å²) in [6.07, 6.45) is 1.32. The third-order valence-electron chi connectivity index (χ3n) is 2.74. The number of rotatable bonds is 4. The van der Waals surface area contributed by atoms with Crippen molar-refractivity contribution in [2.75, 3.05) is 0 Å². The average Bonchev–Trinajstić information content (AvgIpc) is 2.88. The predicted octanol–water partition coefficient (Wildman–Crippen LogP) is 2.51. The molecule has 1 amide bonds. The zero-order valence-corrected chi connectivity index (χ0v) is 11.6. The molecule has 19 heavy (non-hydrogen) atoms. The zero-order chi connectivity index (χ0) is 13.8. The van der Waals surface area contributed by atoms with Crippen LogP contribution in [0.5, 0.6) is 0 Å². The first-order valence-corrected chi connectivity index (χ1v) is 6.36. The van der Waals surface area contributed by atoms with Gasteiger partial charge in [-0.25, -0.2) is 4.98 Å². The maximum absolute atomic E-state index is 12.3. The van der Waals surface area contributed by atoms with Crippen LogP contribution in [-0.2, 0) is 6.54 Å². The van der Waals surface area contributed by atoms with Crippen LogP contribution >= 0.6 is 11.6 Å². The molecule has 1 heterocycles. The first-order valence-electron chi connectivity index (χ1n) is 5.98. The Morgan fingerprint density at radius 2 is 2.26 bits per heavy atom. The summed E-state index contributed by atoms with van der Waals surface area (Å²) in [4.78, 5) is 17.9. The fraction of sp³-hybridized carbons (Fsp3) is 0.308. The fourth-order valence-corrected chi connectivity index (χ4v) is 1.98. The molecule has 2 aromatic rings. The van der Waals surface area contributed by atoms with Crippen molar-refractivity contribution in [2.45, 2.75) is 26.4 Å². The van der Waals surface area contributed by atoms with Crippen molar-refractivity contribution in [3.05, 3.63) is 47.0 Å². The highest BCUT2D eigenvalue weighted by molar-refractivity contribution is 6.30. The number of aromatic nitrogens is 3. The van der Waals surface area contributed by atoms with Crippen molar-refractivity contribution in [3.63, 3.8) is 0 Å². The number of H-pyrrole nitrogens is 1. The molecule has 0 saturated carbocycles. The lowest BCUT2D eigenvalue weighted by atomic mass is 10.2. The molecule has 0 atom stereocenters. The van der Waals surface area contributed by atoms with E-state index in [9.17, 15) is 4.79 Å². The summed E-state index contributed by atoms with van der Waals surface area (Å²) in [5, 5.41) is 6.95. The summed E-state index contributed by atoms with van der Waals surface area (Å²) in [5.41, 5.74) is 0.981. The maximum atomic E-state index is 12.3. The lowest BCUT2D eigenvalue weighted by Crippen LogP contribution is -2.37. The van der Waals surface area contributed by atoms with Gasteiger partial charge in [0.15, 0.2) is 0 Å². The summed E-state index contributed by atoms with van der Waals surface area (Å²) in [6.45, 7) is 4.40. The first kappa shape index (κ1) is 13.5. The number of carbonyl (C=O) groups is 1. The van der Waals surface area contributed by atoms with E-state index < -0.39 is 0 Å². The molecular weight excluding hydrogens is 264 g/mol. The van der Waals surface area contributed by atoms with Crippen molar-refractivity contribution in [3.8, 4) is 0 Å². The number of amides is 1. The molecule has 1 aromatic heterocycles. The summed E-state index contributed by atoms with van der Waals surface area (Å²) < 4.78 is 0. The molecule has 0 aliphatic heterocycles. The Kier molecular flexibility index (Phi) is 4.16. The molecular formula is C13H15ClN4O. The van der Waals surface area contributed by atoms with Crippen LogP contribution in [0.3, 0.4) is 0 Å². The van der Waals surface area contributed by atoms with Gasteiger partial charge in [-0.2, -0.15) is 5.10 Å². The van der Waals surface area contributed by atoms with Crippen LogP contribution in [0.25, 0.3) is 0 Å². The molecule has 5 nitrogen and oxygen atoms in total. The summed E-state index contributed by atoms with van der Waals surface area (Å²) in [5.74, 6) is 0.0724. The normalized spacial score (nSPS) is 10.7. The highest BCUT2D eigenvalue weighted by atomic mass is 35.5. The number of nitrogens with zero attached hydrogens (tertiary/aromatic N) is 3. The molecule has 100 valence electrons. The quantitative estimate of drug-likeness (QED) is 0.935. The van der Waals surface area contributed by atoms with Gasteiger partial charge in [0.25, 0.3) is 5.91 Å². The molecule has 0 saturated heterocycles. The molecule has 0 spiro atoms. The van der Waals surface area contributed by atoms with Gasteiger partial charge >= 0.3 is 0 Å². The smallest absolute Gasteiger partial charge is 0.291 e. The van der Waals surface area contributed by atoms with Crippen molar-refractivity contribution in [2.24, 2.45) is 0 Å². The molecule has 2 rings (SSSR count). The Balaban J connectivity index is 2.19.